The van der Waals surface area contributed by atoms with Gasteiger partial charge in [0.2, 0.25) is 5.91 Å². The Kier molecular flexibility index (Phi) is 7.49. The van der Waals surface area contributed by atoms with E-state index in [1.165, 1.54) is 0 Å². The van der Waals surface area contributed by atoms with Crippen LogP contribution in [-0.2, 0) is 0 Å². The normalized spacial score (nSPS) is 10.6. The molecule has 0 heterocycles. The number of carbonyl (C=O) groups is 2. The lowest BCUT2D eigenvalue weighted by molar-refractivity contribution is 0.100. The van der Waals surface area contributed by atoms with Gasteiger partial charge in [-0.25, -0.2) is 4.79 Å². The van der Waals surface area contributed by atoms with E-state index in [-0.39, 0.29) is 12.1 Å². The zero-order valence-electron chi connectivity index (χ0n) is 18.6. The Morgan fingerprint density at radius 1 is 0.969 bits per heavy atom. The third kappa shape index (κ3) is 5.66. The Morgan fingerprint density at radius 2 is 1.66 bits per heavy atom. The van der Waals surface area contributed by atoms with Crippen molar-refractivity contribution in [3.8, 4) is 22.6 Å². The smallest absolute Gasteiger partial charge is 0.319 e. The average Bonchev–Trinajstić information content (AvgIpc) is 2.80. The van der Waals surface area contributed by atoms with E-state index in [1.54, 1.807) is 24.3 Å². The van der Waals surface area contributed by atoms with Gasteiger partial charge < -0.3 is 21.1 Å². The van der Waals surface area contributed by atoms with Crippen molar-refractivity contribution in [2.45, 2.75) is 39.7 Å². The quantitative estimate of drug-likeness (QED) is 0.417. The van der Waals surface area contributed by atoms with Crippen LogP contribution in [0.3, 0.4) is 0 Å². The second-order valence-corrected chi connectivity index (χ2v) is 7.63. The summed E-state index contributed by atoms with van der Waals surface area (Å²) >= 11 is 0. The van der Waals surface area contributed by atoms with E-state index in [9.17, 15) is 9.59 Å². The van der Waals surface area contributed by atoms with Gasteiger partial charge in [-0.1, -0.05) is 38.1 Å². The van der Waals surface area contributed by atoms with Crippen molar-refractivity contribution in [3.05, 3.63) is 77.9 Å². The molecular weight excluding hydrogens is 402 g/mol. The minimum atomic E-state index is -0.458. The molecule has 0 bridgehead atoms. The highest BCUT2D eigenvalue weighted by Gasteiger charge is 2.12. The molecule has 0 atom stereocenters. The van der Waals surface area contributed by atoms with Gasteiger partial charge in [0.25, 0.3) is 0 Å². The van der Waals surface area contributed by atoms with Crippen LogP contribution in [0.4, 0.5) is 10.5 Å². The van der Waals surface area contributed by atoms with E-state index in [2.05, 4.69) is 10.6 Å². The van der Waals surface area contributed by atoms with Crippen LogP contribution in [-0.4, -0.2) is 18.0 Å². The van der Waals surface area contributed by atoms with Crippen LogP contribution in [0.25, 0.3) is 11.1 Å². The Bertz CT molecular complexity index is 1090. The highest BCUT2D eigenvalue weighted by Crippen LogP contribution is 2.31. The van der Waals surface area contributed by atoms with Crippen molar-refractivity contribution in [3.63, 3.8) is 0 Å². The van der Waals surface area contributed by atoms with Gasteiger partial charge in [0.15, 0.2) is 0 Å². The van der Waals surface area contributed by atoms with Gasteiger partial charge in [0.05, 0.1) is 0 Å². The molecule has 6 heteroatoms. The summed E-state index contributed by atoms with van der Waals surface area (Å²) in [6.07, 6.45) is 1.78. The summed E-state index contributed by atoms with van der Waals surface area (Å²) in [6, 6.07) is 20.2. The van der Waals surface area contributed by atoms with Crippen molar-refractivity contribution in [2.75, 3.05) is 5.32 Å². The molecule has 0 saturated heterocycles. The maximum atomic E-state index is 12.1. The molecule has 3 amide bonds. The number of benzene rings is 3. The fraction of sp³-hybridized carbons (Fsp3) is 0.231. The number of nitrogens with one attached hydrogen (secondary N) is 2. The van der Waals surface area contributed by atoms with Crippen molar-refractivity contribution < 1.29 is 14.3 Å². The lowest BCUT2D eigenvalue weighted by atomic mass is 9.97. The molecule has 0 aromatic heterocycles. The van der Waals surface area contributed by atoms with Crippen molar-refractivity contribution in [1.82, 2.24) is 5.32 Å². The summed E-state index contributed by atoms with van der Waals surface area (Å²) in [5.74, 6) is 0.905. The maximum absolute atomic E-state index is 12.1. The van der Waals surface area contributed by atoms with Crippen LogP contribution < -0.4 is 21.1 Å². The molecule has 6 nitrogen and oxygen atoms in total. The first-order valence-corrected chi connectivity index (χ1v) is 10.8. The Labute approximate surface area is 188 Å². The molecule has 3 rings (SSSR count). The first-order valence-electron chi connectivity index (χ1n) is 10.8. The molecule has 0 aliphatic heterocycles. The van der Waals surface area contributed by atoms with Crippen LogP contribution in [0.2, 0.25) is 0 Å². The zero-order chi connectivity index (χ0) is 23.1. The first kappa shape index (κ1) is 22.9. The predicted octanol–water partition coefficient (Wildman–Crippen LogP) is 5.86. The highest BCUT2D eigenvalue weighted by molar-refractivity contribution is 5.99. The number of anilines is 1. The number of hydrogen-bond acceptors (Lipinski definition) is 3. The first-order chi connectivity index (χ1) is 15.4. The fourth-order valence-electron chi connectivity index (χ4n) is 3.46. The van der Waals surface area contributed by atoms with E-state index in [0.29, 0.717) is 22.7 Å². The predicted molar refractivity (Wildman–Crippen MR) is 128 cm³/mol. The molecule has 4 N–H and O–H groups in total. The molecule has 0 spiro atoms. The molecule has 166 valence electrons. The molecule has 3 aromatic carbocycles. The van der Waals surface area contributed by atoms with E-state index in [0.717, 1.165) is 29.5 Å². The fourth-order valence-corrected chi connectivity index (χ4v) is 3.46. The third-order valence-corrected chi connectivity index (χ3v) is 5.34. The number of urea groups is 1. The van der Waals surface area contributed by atoms with Crippen molar-refractivity contribution >= 4 is 17.6 Å². The van der Waals surface area contributed by atoms with Gasteiger partial charge in [-0.15, -0.1) is 0 Å². The van der Waals surface area contributed by atoms with Gasteiger partial charge in [-0.3, -0.25) is 4.79 Å². The average molecular weight is 432 g/mol. The Hall–Kier alpha value is -3.80. The van der Waals surface area contributed by atoms with Crippen molar-refractivity contribution in [2.24, 2.45) is 5.73 Å². The monoisotopic (exact) mass is 431 g/mol. The number of rotatable bonds is 8. The number of aryl methyl sites for hydroxylation is 1. The third-order valence-electron chi connectivity index (χ3n) is 5.34. The Morgan fingerprint density at radius 3 is 2.28 bits per heavy atom. The number of hydrogen-bond donors (Lipinski definition) is 3. The summed E-state index contributed by atoms with van der Waals surface area (Å²) in [4.78, 5) is 23.8. The summed E-state index contributed by atoms with van der Waals surface area (Å²) in [5, 5.41) is 5.79. The molecule has 0 fully saturated rings. The number of nitrogens with two attached hydrogens (primary N) is 1. The number of amides is 3. The van der Waals surface area contributed by atoms with Crippen LogP contribution in [0.5, 0.6) is 11.5 Å². The molecule has 3 aromatic rings. The second-order valence-electron chi connectivity index (χ2n) is 7.63. The molecule has 32 heavy (non-hydrogen) atoms. The lowest BCUT2D eigenvalue weighted by Gasteiger charge is -2.15. The summed E-state index contributed by atoms with van der Waals surface area (Å²) in [5.41, 5.74) is 9.29. The zero-order valence-corrected chi connectivity index (χ0v) is 18.6. The van der Waals surface area contributed by atoms with Crippen molar-refractivity contribution in [1.29, 1.82) is 0 Å². The molecule has 0 radical (unpaired) electrons. The number of primary amides is 1. The molecule has 0 saturated carbocycles. The second kappa shape index (κ2) is 10.5. The van der Waals surface area contributed by atoms with E-state index in [1.807, 2.05) is 63.2 Å². The van der Waals surface area contributed by atoms with Gasteiger partial charge in [-0.05, 0) is 78.9 Å². The van der Waals surface area contributed by atoms with Gasteiger partial charge in [-0.2, -0.15) is 0 Å². The van der Waals surface area contributed by atoms with E-state index >= 15 is 0 Å². The highest BCUT2D eigenvalue weighted by atomic mass is 16.5. The molecule has 0 aliphatic carbocycles. The molecular formula is C26H29N3O3. The minimum Gasteiger partial charge on any atom is -0.457 e. The van der Waals surface area contributed by atoms with E-state index in [4.69, 9.17) is 10.5 Å². The van der Waals surface area contributed by atoms with Crippen LogP contribution in [0.15, 0.2) is 66.7 Å². The largest absolute Gasteiger partial charge is 0.457 e. The van der Waals surface area contributed by atoms with Crippen LogP contribution in [0.1, 0.15) is 42.6 Å². The molecule has 0 unspecified atom stereocenters. The van der Waals surface area contributed by atoms with Crippen LogP contribution >= 0.6 is 0 Å². The summed E-state index contributed by atoms with van der Waals surface area (Å²) < 4.78 is 6.02. The van der Waals surface area contributed by atoms with E-state index < -0.39 is 5.91 Å². The standard InChI is InChI=1S/C26H29N3O3/c1-4-19(5-2)28-26(31)29-20-11-13-21(14-12-20)32-24-15-10-18(16-17(24)3)22-8-6-7-9-23(22)25(27)30/h6-16,19H,4-5H2,1-3H3,(H2,27,30)(H2,28,29,31). The topological polar surface area (TPSA) is 93.4 Å². The molecule has 0 aliphatic rings. The van der Waals surface area contributed by atoms with Gasteiger partial charge in [0, 0.05) is 17.3 Å². The van der Waals surface area contributed by atoms with Gasteiger partial charge in [0.1, 0.15) is 11.5 Å². The minimum absolute atomic E-state index is 0.165. The SMILES string of the molecule is CCC(CC)NC(=O)Nc1ccc(Oc2ccc(-c3ccccc3C(N)=O)cc2C)cc1. The van der Waals surface area contributed by atoms with Crippen LogP contribution in [0, 0.1) is 6.92 Å². The van der Waals surface area contributed by atoms with Gasteiger partial charge >= 0.3 is 6.03 Å². The summed E-state index contributed by atoms with van der Waals surface area (Å²) in [7, 11) is 0. The summed E-state index contributed by atoms with van der Waals surface area (Å²) in [6.45, 7) is 6.04. The number of carbonyl (C=O) groups excluding carboxylic acids is 2. The Balaban J connectivity index is 1.69. The number of ether oxygens (including phenoxy) is 1. The lowest BCUT2D eigenvalue weighted by Crippen LogP contribution is -2.37. The maximum Gasteiger partial charge on any atom is 0.319 e.